The fourth-order valence-corrected chi connectivity index (χ4v) is 1.24. The summed E-state index contributed by atoms with van der Waals surface area (Å²) in [6.07, 6.45) is 1.52. The van der Waals surface area contributed by atoms with Gasteiger partial charge in [-0.15, -0.1) is 0 Å². The minimum atomic E-state index is -0.216. The predicted molar refractivity (Wildman–Crippen MR) is 52.1 cm³/mol. The van der Waals surface area contributed by atoms with Crippen molar-refractivity contribution >= 4 is 11.9 Å². The van der Waals surface area contributed by atoms with Gasteiger partial charge in [-0.25, -0.2) is 4.79 Å². The minimum absolute atomic E-state index is 0.216. The highest BCUT2D eigenvalue weighted by molar-refractivity contribution is 5.87. The smallest absolute Gasteiger partial charge is 0.321 e. The van der Waals surface area contributed by atoms with Crippen molar-refractivity contribution in [2.75, 3.05) is 25.0 Å². The van der Waals surface area contributed by atoms with Crippen molar-refractivity contribution in [2.24, 2.45) is 5.92 Å². The SMILES string of the molecule is O=C(NCC1CNC1)Nc1ccco1. The maximum absolute atomic E-state index is 11.3. The van der Waals surface area contributed by atoms with Crippen LogP contribution in [-0.4, -0.2) is 25.7 Å². The number of hydrogen-bond donors (Lipinski definition) is 3. The second-order valence-corrected chi connectivity index (χ2v) is 3.34. The van der Waals surface area contributed by atoms with Gasteiger partial charge in [0.15, 0.2) is 0 Å². The average Bonchev–Trinajstić information content (AvgIpc) is 2.54. The van der Waals surface area contributed by atoms with Crippen molar-refractivity contribution < 1.29 is 9.21 Å². The van der Waals surface area contributed by atoms with E-state index >= 15 is 0 Å². The first kappa shape index (κ1) is 9.08. The van der Waals surface area contributed by atoms with Crippen LogP contribution < -0.4 is 16.0 Å². The van der Waals surface area contributed by atoms with Gasteiger partial charge in [0.2, 0.25) is 5.88 Å². The van der Waals surface area contributed by atoms with Gasteiger partial charge >= 0.3 is 6.03 Å². The van der Waals surface area contributed by atoms with Crippen molar-refractivity contribution in [3.63, 3.8) is 0 Å². The Bertz CT molecular complexity index is 293. The molecular weight excluding hydrogens is 182 g/mol. The molecule has 0 atom stereocenters. The second-order valence-electron chi connectivity index (χ2n) is 3.34. The molecule has 0 radical (unpaired) electrons. The third-order valence-corrected chi connectivity index (χ3v) is 2.18. The summed E-state index contributed by atoms with van der Waals surface area (Å²) in [6, 6.07) is 3.21. The number of carbonyl (C=O) groups is 1. The lowest BCUT2D eigenvalue weighted by atomic mass is 10.0. The first-order valence-electron chi connectivity index (χ1n) is 4.63. The van der Waals surface area contributed by atoms with Crippen LogP contribution >= 0.6 is 0 Å². The molecular formula is C9H13N3O2. The molecule has 1 aliphatic rings. The normalized spacial score (nSPS) is 16.0. The molecule has 1 saturated heterocycles. The molecule has 76 valence electrons. The van der Waals surface area contributed by atoms with E-state index in [1.165, 1.54) is 6.26 Å². The lowest BCUT2D eigenvalue weighted by Gasteiger charge is -2.26. The molecule has 0 saturated carbocycles. The number of urea groups is 1. The van der Waals surface area contributed by atoms with Crippen LogP contribution in [0, 0.1) is 5.92 Å². The summed E-state index contributed by atoms with van der Waals surface area (Å²) in [7, 11) is 0. The Labute approximate surface area is 81.9 Å². The van der Waals surface area contributed by atoms with E-state index in [1.54, 1.807) is 12.1 Å². The van der Waals surface area contributed by atoms with E-state index in [0.29, 0.717) is 18.3 Å². The first-order valence-corrected chi connectivity index (χ1v) is 4.63. The van der Waals surface area contributed by atoms with E-state index < -0.39 is 0 Å². The molecule has 2 heterocycles. The van der Waals surface area contributed by atoms with Gasteiger partial charge in [0.25, 0.3) is 0 Å². The Morgan fingerprint density at radius 3 is 3.07 bits per heavy atom. The molecule has 1 aromatic heterocycles. The molecule has 3 N–H and O–H groups in total. The van der Waals surface area contributed by atoms with Crippen molar-refractivity contribution in [3.8, 4) is 0 Å². The van der Waals surface area contributed by atoms with Gasteiger partial charge < -0.3 is 15.1 Å². The highest BCUT2D eigenvalue weighted by Gasteiger charge is 2.17. The van der Waals surface area contributed by atoms with Crippen molar-refractivity contribution in [3.05, 3.63) is 18.4 Å². The topological polar surface area (TPSA) is 66.3 Å². The second kappa shape index (κ2) is 4.15. The van der Waals surface area contributed by atoms with E-state index in [-0.39, 0.29) is 6.03 Å². The zero-order valence-electron chi connectivity index (χ0n) is 7.75. The average molecular weight is 195 g/mol. The van der Waals surface area contributed by atoms with E-state index in [2.05, 4.69) is 16.0 Å². The maximum atomic E-state index is 11.3. The molecule has 1 aliphatic heterocycles. The Morgan fingerprint density at radius 2 is 2.50 bits per heavy atom. The molecule has 1 aromatic rings. The fourth-order valence-electron chi connectivity index (χ4n) is 1.24. The highest BCUT2D eigenvalue weighted by atomic mass is 16.3. The quantitative estimate of drug-likeness (QED) is 0.662. The zero-order chi connectivity index (χ0) is 9.80. The fraction of sp³-hybridized carbons (Fsp3) is 0.444. The van der Waals surface area contributed by atoms with E-state index in [9.17, 15) is 4.79 Å². The van der Waals surface area contributed by atoms with Gasteiger partial charge in [-0.1, -0.05) is 0 Å². The molecule has 1 fully saturated rings. The van der Waals surface area contributed by atoms with Crippen molar-refractivity contribution in [1.82, 2.24) is 10.6 Å². The highest BCUT2D eigenvalue weighted by Crippen LogP contribution is 2.06. The van der Waals surface area contributed by atoms with Crippen LogP contribution in [-0.2, 0) is 0 Å². The minimum Gasteiger partial charge on any atom is -0.449 e. The van der Waals surface area contributed by atoms with Crippen LogP contribution in [0.2, 0.25) is 0 Å². The standard InChI is InChI=1S/C9H13N3O2/c13-9(11-6-7-4-10-5-7)12-8-2-1-3-14-8/h1-3,7,10H,4-6H2,(H2,11,12,13). The summed E-state index contributed by atoms with van der Waals surface area (Å²) >= 11 is 0. The van der Waals surface area contributed by atoms with Crippen LogP contribution in [0.4, 0.5) is 10.7 Å². The van der Waals surface area contributed by atoms with Crippen LogP contribution in [0.5, 0.6) is 0 Å². The number of hydrogen-bond acceptors (Lipinski definition) is 3. The molecule has 0 unspecified atom stereocenters. The largest absolute Gasteiger partial charge is 0.449 e. The molecule has 5 heteroatoms. The Hall–Kier alpha value is -1.49. The number of carbonyl (C=O) groups excluding carboxylic acids is 1. The third kappa shape index (κ3) is 2.26. The van der Waals surface area contributed by atoms with Crippen LogP contribution in [0.25, 0.3) is 0 Å². The zero-order valence-corrected chi connectivity index (χ0v) is 7.75. The van der Waals surface area contributed by atoms with Gasteiger partial charge in [-0.2, -0.15) is 0 Å². The van der Waals surface area contributed by atoms with Crippen LogP contribution in [0.15, 0.2) is 22.8 Å². The Morgan fingerprint density at radius 1 is 1.64 bits per heavy atom. The summed E-state index contributed by atoms with van der Waals surface area (Å²) in [6.45, 7) is 2.68. The summed E-state index contributed by atoms with van der Waals surface area (Å²) in [5, 5.41) is 8.50. The molecule has 0 aliphatic carbocycles. The number of nitrogens with one attached hydrogen (secondary N) is 3. The number of rotatable bonds is 3. The van der Waals surface area contributed by atoms with E-state index in [4.69, 9.17) is 4.42 Å². The Balaban J connectivity index is 1.68. The first-order chi connectivity index (χ1) is 6.84. The number of furan rings is 1. The van der Waals surface area contributed by atoms with E-state index in [1.807, 2.05) is 0 Å². The monoisotopic (exact) mass is 195 g/mol. The lowest BCUT2D eigenvalue weighted by Crippen LogP contribution is -2.48. The van der Waals surface area contributed by atoms with Gasteiger partial charge in [-0.05, 0) is 6.07 Å². The van der Waals surface area contributed by atoms with Gasteiger partial charge in [0.1, 0.15) is 0 Å². The molecule has 5 nitrogen and oxygen atoms in total. The predicted octanol–water partition coefficient (Wildman–Crippen LogP) is 0.620. The number of anilines is 1. The lowest BCUT2D eigenvalue weighted by molar-refractivity contribution is 0.246. The van der Waals surface area contributed by atoms with Gasteiger partial charge in [0.05, 0.1) is 6.26 Å². The number of amides is 2. The van der Waals surface area contributed by atoms with Gasteiger partial charge in [-0.3, -0.25) is 5.32 Å². The molecule has 2 amide bonds. The summed E-state index contributed by atoms with van der Waals surface area (Å²) in [5.41, 5.74) is 0. The molecule has 14 heavy (non-hydrogen) atoms. The van der Waals surface area contributed by atoms with E-state index in [0.717, 1.165) is 13.1 Å². The van der Waals surface area contributed by atoms with Crippen LogP contribution in [0.3, 0.4) is 0 Å². The molecule has 0 aromatic carbocycles. The van der Waals surface area contributed by atoms with Gasteiger partial charge in [0, 0.05) is 31.6 Å². The molecule has 2 rings (SSSR count). The molecule has 0 bridgehead atoms. The maximum Gasteiger partial charge on any atom is 0.321 e. The summed E-state index contributed by atoms with van der Waals surface area (Å²) < 4.78 is 4.97. The van der Waals surface area contributed by atoms with Crippen LogP contribution in [0.1, 0.15) is 0 Å². The summed E-state index contributed by atoms with van der Waals surface area (Å²) in [5.74, 6) is 1.03. The molecule has 0 spiro atoms. The Kier molecular flexibility index (Phi) is 2.69. The van der Waals surface area contributed by atoms with Crippen molar-refractivity contribution in [1.29, 1.82) is 0 Å². The third-order valence-electron chi connectivity index (χ3n) is 2.18. The summed E-state index contributed by atoms with van der Waals surface area (Å²) in [4.78, 5) is 11.3. The van der Waals surface area contributed by atoms with Crippen molar-refractivity contribution in [2.45, 2.75) is 0 Å².